The zero-order valence-electron chi connectivity index (χ0n) is 17.0. The molecule has 1 atom stereocenters. The molecule has 1 aromatic heterocycles. The van der Waals surface area contributed by atoms with Gasteiger partial charge in [0.15, 0.2) is 0 Å². The van der Waals surface area contributed by atoms with Gasteiger partial charge in [-0.2, -0.15) is 0 Å². The predicted molar refractivity (Wildman–Crippen MR) is 122 cm³/mol. The highest BCUT2D eigenvalue weighted by molar-refractivity contribution is 5.68. The Morgan fingerprint density at radius 3 is 2.33 bits per heavy atom. The van der Waals surface area contributed by atoms with Gasteiger partial charge in [-0.1, -0.05) is 61.5 Å². The molecule has 5 N–H and O–H groups in total. The lowest BCUT2D eigenvalue weighted by molar-refractivity contribution is 0.308. The van der Waals surface area contributed by atoms with Crippen LogP contribution in [0.15, 0.2) is 79.0 Å². The van der Waals surface area contributed by atoms with E-state index in [1.54, 1.807) is 6.20 Å². The van der Waals surface area contributed by atoms with E-state index in [2.05, 4.69) is 46.4 Å². The highest BCUT2D eigenvalue weighted by atomic mass is 16.5. The summed E-state index contributed by atoms with van der Waals surface area (Å²) in [7, 11) is 0. The number of H-pyrrole nitrogens is 1. The van der Waals surface area contributed by atoms with E-state index in [-0.39, 0.29) is 6.04 Å². The molecule has 4 aromatic rings. The molecular weight excluding hydrogens is 372 g/mol. The van der Waals surface area contributed by atoms with Crippen molar-refractivity contribution in [3.05, 3.63) is 90.4 Å². The van der Waals surface area contributed by atoms with Crippen LogP contribution in [-0.2, 0) is 6.61 Å². The van der Waals surface area contributed by atoms with Gasteiger partial charge in [-0.3, -0.25) is 0 Å². The predicted octanol–water partition coefficient (Wildman–Crippen LogP) is 5.31. The maximum Gasteiger partial charge on any atom is 0.142 e. The van der Waals surface area contributed by atoms with Crippen molar-refractivity contribution in [3.63, 3.8) is 0 Å². The zero-order valence-corrected chi connectivity index (χ0v) is 17.0. The molecule has 0 aliphatic heterocycles. The molecule has 0 amide bonds. The minimum Gasteiger partial charge on any atom is -0.487 e. The number of rotatable bonds is 7. The second-order valence-corrected chi connectivity index (χ2v) is 7.30. The summed E-state index contributed by atoms with van der Waals surface area (Å²) >= 11 is 0. The molecule has 3 aromatic carbocycles. The van der Waals surface area contributed by atoms with Gasteiger partial charge in [0.25, 0.3) is 0 Å². The van der Waals surface area contributed by atoms with E-state index in [9.17, 15) is 0 Å². The molecule has 1 heterocycles. The van der Waals surface area contributed by atoms with Crippen molar-refractivity contribution in [2.75, 3.05) is 5.73 Å². The Kier molecular flexibility index (Phi) is 5.82. The average molecular weight is 399 g/mol. The third-order valence-electron chi connectivity index (χ3n) is 5.16. The number of aromatic nitrogens is 2. The number of imidazole rings is 1. The zero-order chi connectivity index (χ0) is 20.9. The number of anilines is 1. The van der Waals surface area contributed by atoms with Crippen LogP contribution in [-0.4, -0.2) is 9.97 Å². The molecule has 0 aliphatic carbocycles. The Labute approximate surface area is 176 Å². The van der Waals surface area contributed by atoms with Gasteiger partial charge in [0.05, 0.1) is 23.6 Å². The van der Waals surface area contributed by atoms with Crippen molar-refractivity contribution in [3.8, 4) is 28.1 Å². The Morgan fingerprint density at radius 2 is 1.63 bits per heavy atom. The topological polar surface area (TPSA) is 89.9 Å². The molecular formula is C25H26N4O. The van der Waals surface area contributed by atoms with Crippen LogP contribution < -0.4 is 16.2 Å². The van der Waals surface area contributed by atoms with Crippen LogP contribution in [0.25, 0.3) is 22.4 Å². The number of ether oxygens (including phenoxy) is 1. The molecule has 152 valence electrons. The van der Waals surface area contributed by atoms with Crippen LogP contribution in [0, 0.1) is 0 Å². The van der Waals surface area contributed by atoms with E-state index in [4.69, 9.17) is 16.2 Å². The third-order valence-corrected chi connectivity index (χ3v) is 5.16. The number of hydrogen-bond acceptors (Lipinski definition) is 4. The van der Waals surface area contributed by atoms with Crippen LogP contribution in [0.1, 0.15) is 30.8 Å². The Balaban J connectivity index is 1.42. The van der Waals surface area contributed by atoms with Gasteiger partial charge in [-0.25, -0.2) is 4.98 Å². The number of benzene rings is 3. The fourth-order valence-corrected chi connectivity index (χ4v) is 3.30. The van der Waals surface area contributed by atoms with Crippen LogP contribution in [0.4, 0.5) is 5.69 Å². The summed E-state index contributed by atoms with van der Waals surface area (Å²) in [6, 6.07) is 24.4. The van der Waals surface area contributed by atoms with Crippen molar-refractivity contribution < 1.29 is 4.74 Å². The van der Waals surface area contributed by atoms with E-state index in [1.165, 1.54) is 11.1 Å². The molecule has 30 heavy (non-hydrogen) atoms. The van der Waals surface area contributed by atoms with Crippen LogP contribution in [0.2, 0.25) is 0 Å². The Hall–Kier alpha value is -3.57. The van der Waals surface area contributed by atoms with Crippen LogP contribution >= 0.6 is 0 Å². The van der Waals surface area contributed by atoms with Gasteiger partial charge in [0.2, 0.25) is 0 Å². The van der Waals surface area contributed by atoms with E-state index >= 15 is 0 Å². The van der Waals surface area contributed by atoms with Gasteiger partial charge in [-0.15, -0.1) is 0 Å². The Bertz CT molecular complexity index is 1100. The summed E-state index contributed by atoms with van der Waals surface area (Å²) in [5.74, 6) is 1.45. The molecule has 1 unspecified atom stereocenters. The molecule has 0 saturated carbocycles. The minimum absolute atomic E-state index is 0.0908. The molecule has 0 fully saturated rings. The third kappa shape index (κ3) is 4.36. The number of nitrogen functional groups attached to an aromatic ring is 1. The van der Waals surface area contributed by atoms with Gasteiger partial charge in [-0.05, 0) is 41.3 Å². The summed E-state index contributed by atoms with van der Waals surface area (Å²) in [5, 5.41) is 0. The first-order valence-electron chi connectivity index (χ1n) is 10.1. The summed E-state index contributed by atoms with van der Waals surface area (Å²) in [6.45, 7) is 2.49. The summed E-state index contributed by atoms with van der Waals surface area (Å²) < 4.78 is 5.95. The van der Waals surface area contributed by atoms with E-state index < -0.39 is 0 Å². The normalized spacial score (nSPS) is 11.9. The number of nitrogens with two attached hydrogens (primary N) is 2. The quantitative estimate of drug-likeness (QED) is 0.368. The maximum absolute atomic E-state index is 6.23. The van der Waals surface area contributed by atoms with Gasteiger partial charge in [0, 0.05) is 5.56 Å². The SMILES string of the molecule is CCC(N)c1ncc(-c2ccc(OCc3ccc(-c4ccccc4)cc3)c(N)c2)[nH]1. The average Bonchev–Trinajstić information content (AvgIpc) is 3.29. The molecule has 0 bridgehead atoms. The molecule has 0 radical (unpaired) electrons. The number of hydrogen-bond donors (Lipinski definition) is 3. The van der Waals surface area contributed by atoms with E-state index in [0.29, 0.717) is 18.0 Å². The van der Waals surface area contributed by atoms with Crippen molar-refractivity contribution in [2.45, 2.75) is 26.0 Å². The molecule has 5 nitrogen and oxygen atoms in total. The minimum atomic E-state index is -0.0908. The Morgan fingerprint density at radius 1 is 0.933 bits per heavy atom. The lowest BCUT2D eigenvalue weighted by Crippen LogP contribution is -2.10. The monoisotopic (exact) mass is 398 g/mol. The molecule has 4 rings (SSSR count). The van der Waals surface area contributed by atoms with E-state index in [1.807, 2.05) is 43.3 Å². The fourth-order valence-electron chi connectivity index (χ4n) is 3.30. The first-order valence-corrected chi connectivity index (χ1v) is 10.1. The first kappa shape index (κ1) is 19.7. The van der Waals surface area contributed by atoms with E-state index in [0.717, 1.165) is 29.1 Å². The molecule has 0 spiro atoms. The molecule has 0 saturated heterocycles. The lowest BCUT2D eigenvalue weighted by Gasteiger charge is -2.11. The maximum atomic E-state index is 6.23. The van der Waals surface area contributed by atoms with Crippen molar-refractivity contribution in [2.24, 2.45) is 5.73 Å². The largest absolute Gasteiger partial charge is 0.487 e. The summed E-state index contributed by atoms with van der Waals surface area (Å²) in [6.07, 6.45) is 2.61. The first-order chi connectivity index (χ1) is 14.6. The van der Waals surface area contributed by atoms with Crippen molar-refractivity contribution in [1.29, 1.82) is 0 Å². The van der Waals surface area contributed by atoms with Gasteiger partial charge in [0.1, 0.15) is 18.2 Å². The second kappa shape index (κ2) is 8.84. The fraction of sp³-hybridized carbons (Fsp3) is 0.160. The van der Waals surface area contributed by atoms with Crippen molar-refractivity contribution >= 4 is 5.69 Å². The highest BCUT2D eigenvalue weighted by Gasteiger charge is 2.11. The van der Waals surface area contributed by atoms with Crippen molar-refractivity contribution in [1.82, 2.24) is 9.97 Å². The van der Waals surface area contributed by atoms with Crippen LogP contribution in [0.3, 0.4) is 0 Å². The number of nitrogens with one attached hydrogen (secondary N) is 1. The number of nitrogens with zero attached hydrogens (tertiary/aromatic N) is 1. The molecule has 5 heteroatoms. The molecule has 0 aliphatic rings. The van der Waals surface area contributed by atoms with Crippen LogP contribution in [0.5, 0.6) is 5.75 Å². The summed E-state index contributed by atoms with van der Waals surface area (Å²) in [5.41, 5.74) is 18.2. The lowest BCUT2D eigenvalue weighted by atomic mass is 10.0. The van der Waals surface area contributed by atoms with Gasteiger partial charge < -0.3 is 21.2 Å². The number of aromatic amines is 1. The smallest absolute Gasteiger partial charge is 0.142 e. The van der Waals surface area contributed by atoms with Gasteiger partial charge >= 0.3 is 0 Å². The summed E-state index contributed by atoms with van der Waals surface area (Å²) in [4.78, 5) is 7.64. The second-order valence-electron chi connectivity index (χ2n) is 7.30. The standard InChI is InChI=1S/C25H26N4O/c1-2-21(26)25-28-15-23(29-25)20-12-13-24(22(27)14-20)30-16-17-8-10-19(11-9-17)18-6-4-3-5-7-18/h3-15,21H,2,16,26-27H2,1H3,(H,28,29). The highest BCUT2D eigenvalue weighted by Crippen LogP contribution is 2.29.